The molecule has 0 aliphatic rings. The highest BCUT2D eigenvalue weighted by molar-refractivity contribution is 7.18. The van der Waals surface area contributed by atoms with E-state index in [-0.39, 0.29) is 0 Å². The zero-order valence-corrected chi connectivity index (χ0v) is 7.58. The Morgan fingerprint density at radius 1 is 1.23 bits per heavy atom. The van der Waals surface area contributed by atoms with Crippen LogP contribution in [-0.2, 0) is 0 Å². The topological polar surface area (TPSA) is 77.8 Å². The molecule has 2 aromatic rings. The van der Waals surface area contributed by atoms with Gasteiger partial charge in [0.05, 0.1) is 4.88 Å². The maximum absolute atomic E-state index is 5.54. The van der Waals surface area contributed by atoms with Gasteiger partial charge in [-0.3, -0.25) is 0 Å². The Morgan fingerprint density at radius 3 is 2.69 bits per heavy atom. The van der Waals surface area contributed by atoms with Gasteiger partial charge in [0, 0.05) is 12.4 Å². The van der Waals surface area contributed by atoms with E-state index in [1.165, 1.54) is 11.3 Å². The van der Waals surface area contributed by atoms with Gasteiger partial charge in [0.25, 0.3) is 0 Å². The van der Waals surface area contributed by atoms with Crippen LogP contribution < -0.4 is 11.5 Å². The summed E-state index contributed by atoms with van der Waals surface area (Å²) in [5.41, 5.74) is 12.1. The molecule has 0 saturated heterocycles. The molecule has 0 radical (unpaired) electrons. The second kappa shape index (κ2) is 3.02. The van der Waals surface area contributed by atoms with Gasteiger partial charge < -0.3 is 11.5 Å². The highest BCUT2D eigenvalue weighted by Gasteiger charge is 2.01. The second-order valence-corrected chi connectivity index (χ2v) is 3.59. The summed E-state index contributed by atoms with van der Waals surface area (Å²) in [4.78, 5) is 8.87. The monoisotopic (exact) mass is 192 g/mol. The summed E-state index contributed by atoms with van der Waals surface area (Å²) in [6.07, 6.45) is 3.40. The number of nitrogens with zero attached hydrogens (tertiary/aromatic N) is 2. The van der Waals surface area contributed by atoms with Crippen LogP contribution >= 0.6 is 11.3 Å². The van der Waals surface area contributed by atoms with Gasteiger partial charge in [-0.15, -0.1) is 0 Å². The molecule has 5 heteroatoms. The lowest BCUT2D eigenvalue weighted by atomic mass is 10.2. The standard InChI is InChI=1S/C8H8N4S/c9-7-3-5(1-2-11-7)6-4-12-8(10)13-6/h1-4H,(H2,9,11)(H2,10,12). The average molecular weight is 192 g/mol. The van der Waals surface area contributed by atoms with Gasteiger partial charge in [0.2, 0.25) is 0 Å². The second-order valence-electron chi connectivity index (χ2n) is 2.53. The lowest BCUT2D eigenvalue weighted by Crippen LogP contribution is -1.88. The summed E-state index contributed by atoms with van der Waals surface area (Å²) >= 11 is 1.43. The van der Waals surface area contributed by atoms with Crippen LogP contribution in [0.3, 0.4) is 0 Å². The Morgan fingerprint density at radius 2 is 2.08 bits per heavy atom. The van der Waals surface area contributed by atoms with Crippen LogP contribution in [-0.4, -0.2) is 9.97 Å². The predicted molar refractivity (Wildman–Crippen MR) is 54.2 cm³/mol. The van der Waals surface area contributed by atoms with E-state index in [0.29, 0.717) is 10.9 Å². The number of hydrogen-bond acceptors (Lipinski definition) is 5. The van der Waals surface area contributed by atoms with E-state index >= 15 is 0 Å². The number of anilines is 2. The van der Waals surface area contributed by atoms with Crippen LogP contribution in [0.2, 0.25) is 0 Å². The molecule has 0 bridgehead atoms. The summed E-state index contributed by atoms with van der Waals surface area (Å²) in [5.74, 6) is 0.504. The van der Waals surface area contributed by atoms with Crippen LogP contribution in [0.25, 0.3) is 10.4 Å². The first-order valence-corrected chi connectivity index (χ1v) is 4.50. The minimum absolute atomic E-state index is 0.504. The molecule has 0 amide bonds. The van der Waals surface area contributed by atoms with Crippen molar-refractivity contribution in [1.29, 1.82) is 0 Å². The molecule has 13 heavy (non-hydrogen) atoms. The SMILES string of the molecule is Nc1cc(-c2cnc(N)s2)ccn1. The van der Waals surface area contributed by atoms with Crippen LogP contribution in [0.4, 0.5) is 10.9 Å². The van der Waals surface area contributed by atoms with Crippen molar-refractivity contribution in [3.8, 4) is 10.4 Å². The molecular formula is C8H8N4S. The molecule has 0 atom stereocenters. The number of hydrogen-bond donors (Lipinski definition) is 2. The van der Waals surface area contributed by atoms with Gasteiger partial charge in [0.15, 0.2) is 5.13 Å². The van der Waals surface area contributed by atoms with Gasteiger partial charge in [-0.25, -0.2) is 9.97 Å². The Hall–Kier alpha value is -1.62. The quantitative estimate of drug-likeness (QED) is 0.715. The van der Waals surface area contributed by atoms with Crippen molar-refractivity contribution >= 4 is 22.3 Å². The first kappa shape index (κ1) is 8.00. The van der Waals surface area contributed by atoms with E-state index in [4.69, 9.17) is 11.5 Å². The first-order valence-electron chi connectivity index (χ1n) is 3.69. The molecule has 66 valence electrons. The number of nitrogen functional groups attached to an aromatic ring is 2. The highest BCUT2D eigenvalue weighted by atomic mass is 32.1. The van der Waals surface area contributed by atoms with Gasteiger partial charge in [0.1, 0.15) is 5.82 Å². The van der Waals surface area contributed by atoms with Gasteiger partial charge in [-0.1, -0.05) is 11.3 Å². The molecule has 0 unspecified atom stereocenters. The van der Waals surface area contributed by atoms with E-state index in [9.17, 15) is 0 Å². The lowest BCUT2D eigenvalue weighted by Gasteiger charge is -1.96. The van der Waals surface area contributed by atoms with E-state index in [0.717, 1.165) is 10.4 Å². The van der Waals surface area contributed by atoms with Crippen molar-refractivity contribution in [2.24, 2.45) is 0 Å². The van der Waals surface area contributed by atoms with Crippen LogP contribution in [0.1, 0.15) is 0 Å². The maximum Gasteiger partial charge on any atom is 0.180 e. The van der Waals surface area contributed by atoms with Crippen LogP contribution in [0.5, 0.6) is 0 Å². The highest BCUT2D eigenvalue weighted by Crippen LogP contribution is 2.27. The Labute approximate surface area is 79.2 Å². The number of rotatable bonds is 1. The summed E-state index contributed by atoms with van der Waals surface area (Å²) in [6, 6.07) is 3.68. The summed E-state index contributed by atoms with van der Waals surface area (Å²) in [6.45, 7) is 0. The summed E-state index contributed by atoms with van der Waals surface area (Å²) in [7, 11) is 0. The normalized spacial score (nSPS) is 10.2. The molecule has 2 rings (SSSR count). The fraction of sp³-hybridized carbons (Fsp3) is 0. The van der Waals surface area contributed by atoms with Crippen molar-refractivity contribution in [3.05, 3.63) is 24.5 Å². The van der Waals surface area contributed by atoms with Crippen molar-refractivity contribution in [2.75, 3.05) is 11.5 Å². The van der Waals surface area contributed by atoms with Gasteiger partial charge in [-0.05, 0) is 17.7 Å². The molecule has 0 aliphatic heterocycles. The summed E-state index contributed by atoms with van der Waals surface area (Å²) in [5, 5.41) is 0.561. The molecule has 4 nitrogen and oxygen atoms in total. The van der Waals surface area contributed by atoms with Gasteiger partial charge in [-0.2, -0.15) is 0 Å². The van der Waals surface area contributed by atoms with E-state index in [1.807, 2.05) is 6.07 Å². The van der Waals surface area contributed by atoms with E-state index in [2.05, 4.69) is 9.97 Å². The zero-order chi connectivity index (χ0) is 9.26. The third kappa shape index (κ3) is 1.59. The van der Waals surface area contributed by atoms with Gasteiger partial charge >= 0.3 is 0 Å². The Balaban J connectivity index is 2.46. The van der Waals surface area contributed by atoms with Crippen LogP contribution in [0, 0.1) is 0 Å². The zero-order valence-electron chi connectivity index (χ0n) is 6.77. The third-order valence-electron chi connectivity index (χ3n) is 1.59. The molecule has 0 saturated carbocycles. The van der Waals surface area contributed by atoms with E-state index in [1.54, 1.807) is 18.5 Å². The maximum atomic E-state index is 5.54. The fourth-order valence-electron chi connectivity index (χ4n) is 1.02. The van der Waals surface area contributed by atoms with Crippen molar-refractivity contribution in [1.82, 2.24) is 9.97 Å². The Kier molecular flexibility index (Phi) is 1.86. The lowest BCUT2D eigenvalue weighted by molar-refractivity contribution is 1.34. The summed E-state index contributed by atoms with van der Waals surface area (Å²) < 4.78 is 0. The first-order chi connectivity index (χ1) is 6.25. The molecular weight excluding hydrogens is 184 g/mol. The van der Waals surface area contributed by atoms with Crippen molar-refractivity contribution in [2.45, 2.75) is 0 Å². The average Bonchev–Trinajstić information content (AvgIpc) is 2.52. The minimum atomic E-state index is 0.504. The molecule has 0 aromatic carbocycles. The number of thiazole rings is 1. The molecule has 2 heterocycles. The molecule has 0 fully saturated rings. The minimum Gasteiger partial charge on any atom is -0.384 e. The van der Waals surface area contributed by atoms with Crippen molar-refractivity contribution in [3.63, 3.8) is 0 Å². The van der Waals surface area contributed by atoms with E-state index < -0.39 is 0 Å². The smallest absolute Gasteiger partial charge is 0.180 e. The molecule has 4 N–H and O–H groups in total. The number of pyridine rings is 1. The molecule has 0 aliphatic carbocycles. The largest absolute Gasteiger partial charge is 0.384 e. The predicted octanol–water partition coefficient (Wildman–Crippen LogP) is 1.37. The Bertz CT molecular complexity index is 424. The third-order valence-corrected chi connectivity index (χ3v) is 2.46. The molecule has 2 aromatic heterocycles. The number of aromatic nitrogens is 2. The van der Waals surface area contributed by atoms with Crippen LogP contribution in [0.15, 0.2) is 24.5 Å². The van der Waals surface area contributed by atoms with Crippen molar-refractivity contribution < 1.29 is 0 Å². The fourth-order valence-corrected chi connectivity index (χ4v) is 1.70. The number of nitrogens with two attached hydrogens (primary N) is 2. The molecule has 0 spiro atoms.